The van der Waals surface area contributed by atoms with E-state index >= 15 is 4.39 Å². The second-order valence-corrected chi connectivity index (χ2v) is 12.8. The summed E-state index contributed by atoms with van der Waals surface area (Å²) in [5.41, 5.74) is 3.40. The van der Waals surface area contributed by atoms with Gasteiger partial charge in [0, 0.05) is 30.7 Å². The number of anilines is 1. The number of ether oxygens (including phenoxy) is 1. The fraction of sp³-hybridized carbons (Fsp3) is 0.455. The summed E-state index contributed by atoms with van der Waals surface area (Å²) in [5, 5.41) is 20.7. The Labute approximate surface area is 244 Å². The van der Waals surface area contributed by atoms with E-state index in [0.29, 0.717) is 41.2 Å². The van der Waals surface area contributed by atoms with Crippen molar-refractivity contribution in [1.82, 2.24) is 24.8 Å². The van der Waals surface area contributed by atoms with Crippen LogP contribution in [0.3, 0.4) is 0 Å². The highest BCUT2D eigenvalue weighted by molar-refractivity contribution is 6.05. The highest BCUT2D eigenvalue weighted by atomic mass is 19.1. The summed E-state index contributed by atoms with van der Waals surface area (Å²) in [5.74, 6) is 0.277. The molecule has 4 aromatic rings. The van der Waals surface area contributed by atoms with E-state index in [1.54, 1.807) is 12.1 Å². The molecule has 0 radical (unpaired) electrons. The highest BCUT2D eigenvalue weighted by Crippen LogP contribution is 2.42. The Balaban J connectivity index is 1.28. The van der Waals surface area contributed by atoms with Crippen molar-refractivity contribution >= 4 is 27.7 Å². The van der Waals surface area contributed by atoms with Gasteiger partial charge in [0.1, 0.15) is 17.9 Å². The van der Waals surface area contributed by atoms with Crippen molar-refractivity contribution in [3.05, 3.63) is 54.5 Å². The Bertz CT molecular complexity index is 1710. The number of piperazine rings is 1. The van der Waals surface area contributed by atoms with Crippen molar-refractivity contribution in [2.24, 2.45) is 0 Å². The van der Waals surface area contributed by atoms with Gasteiger partial charge in [-0.25, -0.2) is 0 Å². The molecule has 2 aromatic carbocycles. The van der Waals surface area contributed by atoms with E-state index in [2.05, 4.69) is 26.8 Å². The molecule has 4 fully saturated rings. The van der Waals surface area contributed by atoms with Gasteiger partial charge in [-0.05, 0) is 98.6 Å². The van der Waals surface area contributed by atoms with Gasteiger partial charge in [-0.15, -0.1) is 5.10 Å². The molecule has 218 valence electrons. The molecule has 0 aliphatic carbocycles. The lowest BCUT2D eigenvalue weighted by Crippen LogP contribution is -2.51. The Hall–Kier alpha value is -3.69. The second-order valence-electron chi connectivity index (χ2n) is 12.8. The van der Waals surface area contributed by atoms with Gasteiger partial charge in [-0.1, -0.05) is 30.4 Å². The fourth-order valence-corrected chi connectivity index (χ4v) is 8.08. The van der Waals surface area contributed by atoms with Gasteiger partial charge in [0.15, 0.2) is 5.82 Å². The molecule has 8 nitrogen and oxygen atoms in total. The van der Waals surface area contributed by atoms with Gasteiger partial charge in [-0.2, -0.15) is 13.9 Å². The number of hydrogen-bond donors (Lipinski definition) is 2. The Morgan fingerprint density at radius 1 is 1.12 bits per heavy atom. The summed E-state index contributed by atoms with van der Waals surface area (Å²) < 4.78 is 24.4. The molecule has 42 heavy (non-hydrogen) atoms. The van der Waals surface area contributed by atoms with Gasteiger partial charge in [0.05, 0.1) is 5.54 Å². The molecule has 9 heteroatoms. The number of hydrogen-bond acceptors (Lipinski definition) is 7. The number of aromatic hydroxyl groups is 1. The number of halogens is 1. The predicted octanol–water partition coefficient (Wildman–Crippen LogP) is 5.38. The van der Waals surface area contributed by atoms with E-state index in [-0.39, 0.29) is 17.3 Å². The predicted molar refractivity (Wildman–Crippen MR) is 163 cm³/mol. The first-order valence-corrected chi connectivity index (χ1v) is 15.3. The fourth-order valence-electron chi connectivity index (χ4n) is 8.08. The average molecular weight is 569 g/mol. The summed E-state index contributed by atoms with van der Waals surface area (Å²) in [6.45, 7) is 10.4. The summed E-state index contributed by atoms with van der Waals surface area (Å²) in [6.07, 6.45) is 6.84. The van der Waals surface area contributed by atoms with Crippen molar-refractivity contribution < 1.29 is 14.2 Å². The van der Waals surface area contributed by atoms with Crippen LogP contribution in [0.15, 0.2) is 43.0 Å². The topological polar surface area (TPSA) is 78.2 Å². The third-order valence-electron chi connectivity index (χ3n) is 10.0. The number of phenolic OH excluding ortho intramolecular Hbond substituents is 1. The summed E-state index contributed by atoms with van der Waals surface area (Å²) in [7, 11) is 0. The van der Waals surface area contributed by atoms with E-state index in [1.807, 2.05) is 31.2 Å². The van der Waals surface area contributed by atoms with E-state index in [4.69, 9.17) is 9.72 Å². The molecule has 2 N–H and O–H groups in total. The third-order valence-corrected chi connectivity index (χ3v) is 10.0. The van der Waals surface area contributed by atoms with Crippen LogP contribution in [0.5, 0.6) is 11.8 Å². The molecular weight excluding hydrogens is 531 g/mol. The molecule has 2 atom stereocenters. The third kappa shape index (κ3) is 4.08. The SMILES string of the molecule is C=C(C)c1cccc2cc(O)cc(-c3cc4c(N5CC6CCC(C5)N6)nc(OCC56CCCN5CCC6)nn4c3F)c12. The van der Waals surface area contributed by atoms with Gasteiger partial charge in [-0.3, -0.25) is 4.90 Å². The molecule has 4 aliphatic rings. The van der Waals surface area contributed by atoms with Crippen LogP contribution in [0, 0.1) is 5.95 Å². The van der Waals surface area contributed by atoms with Crippen LogP contribution in [0.1, 0.15) is 51.0 Å². The lowest BCUT2D eigenvalue weighted by atomic mass is 9.93. The lowest BCUT2D eigenvalue weighted by molar-refractivity contribution is 0.106. The number of allylic oxidation sites excluding steroid dienone is 1. The number of nitrogens with one attached hydrogen (secondary N) is 1. The normalized spacial score (nSPS) is 23.2. The van der Waals surface area contributed by atoms with Crippen molar-refractivity contribution in [2.45, 2.75) is 63.1 Å². The maximum absolute atomic E-state index is 16.6. The molecule has 6 heterocycles. The van der Waals surface area contributed by atoms with Crippen LogP contribution in [-0.4, -0.2) is 75.0 Å². The Kier molecular flexibility index (Phi) is 5.98. The zero-order valence-electron chi connectivity index (χ0n) is 24.1. The van der Waals surface area contributed by atoms with E-state index in [1.165, 1.54) is 17.4 Å². The maximum atomic E-state index is 16.6. The summed E-state index contributed by atoms with van der Waals surface area (Å²) in [4.78, 5) is 9.77. The summed E-state index contributed by atoms with van der Waals surface area (Å²) in [6, 6.07) is 12.0. The van der Waals surface area contributed by atoms with Gasteiger partial charge in [0.2, 0.25) is 5.95 Å². The Morgan fingerprint density at radius 2 is 1.88 bits per heavy atom. The molecule has 4 aliphatic heterocycles. The number of fused-ring (bicyclic) bond motifs is 5. The molecule has 0 amide bonds. The standard InChI is InChI=1S/C33H37FN6O2/c1-20(2)25-7-3-6-21-14-24(41)15-26(29(21)25)27-16-28-31(38-17-22-8-9-23(18-38)35-22)36-32(37-40(28)30(27)34)42-19-33-10-4-12-39(33)13-5-11-33/h3,6-7,14-16,22-23,35,41H,1,4-5,8-13,17-19H2,2H3. The monoisotopic (exact) mass is 568 g/mol. The van der Waals surface area contributed by atoms with Crippen LogP contribution < -0.4 is 15.0 Å². The minimum atomic E-state index is -0.499. The first-order valence-electron chi connectivity index (χ1n) is 15.3. The van der Waals surface area contributed by atoms with Crippen LogP contribution in [0.2, 0.25) is 0 Å². The summed E-state index contributed by atoms with van der Waals surface area (Å²) >= 11 is 0. The number of nitrogens with zero attached hydrogens (tertiary/aromatic N) is 5. The Morgan fingerprint density at radius 3 is 2.62 bits per heavy atom. The maximum Gasteiger partial charge on any atom is 0.336 e. The number of rotatable bonds is 6. The molecule has 2 bridgehead atoms. The van der Waals surface area contributed by atoms with Crippen LogP contribution >= 0.6 is 0 Å². The van der Waals surface area contributed by atoms with Crippen LogP contribution in [-0.2, 0) is 0 Å². The van der Waals surface area contributed by atoms with Crippen LogP contribution in [0.4, 0.5) is 10.2 Å². The van der Waals surface area contributed by atoms with Gasteiger partial charge >= 0.3 is 6.01 Å². The smallest absolute Gasteiger partial charge is 0.336 e. The second kappa shape index (κ2) is 9.67. The number of benzene rings is 2. The minimum Gasteiger partial charge on any atom is -0.508 e. The first kappa shape index (κ1) is 26.0. The molecule has 8 rings (SSSR count). The number of phenols is 1. The van der Waals surface area contributed by atoms with Crippen molar-refractivity contribution in [1.29, 1.82) is 0 Å². The molecule has 2 aromatic heterocycles. The van der Waals surface area contributed by atoms with E-state index < -0.39 is 5.95 Å². The molecular formula is C33H37FN6O2. The molecule has 0 spiro atoms. The van der Waals surface area contributed by atoms with Gasteiger partial charge in [0.25, 0.3) is 0 Å². The van der Waals surface area contributed by atoms with E-state index in [9.17, 15) is 5.11 Å². The first-order chi connectivity index (χ1) is 20.4. The molecule has 4 saturated heterocycles. The van der Waals surface area contributed by atoms with Crippen LogP contribution in [0.25, 0.3) is 33.0 Å². The average Bonchev–Trinajstić information content (AvgIpc) is 3.73. The highest BCUT2D eigenvalue weighted by Gasteiger charge is 2.45. The quantitative estimate of drug-likeness (QED) is 0.324. The minimum absolute atomic E-state index is 0.0342. The van der Waals surface area contributed by atoms with E-state index in [0.717, 1.165) is 73.8 Å². The van der Waals surface area contributed by atoms with Crippen molar-refractivity contribution in [3.63, 3.8) is 0 Å². The zero-order valence-corrected chi connectivity index (χ0v) is 24.1. The number of aromatic nitrogens is 3. The zero-order chi connectivity index (χ0) is 28.6. The van der Waals surface area contributed by atoms with Gasteiger partial charge < -0.3 is 20.1 Å². The lowest BCUT2D eigenvalue weighted by Gasteiger charge is -2.34. The molecule has 0 saturated carbocycles. The van der Waals surface area contributed by atoms with Crippen molar-refractivity contribution in [3.8, 4) is 22.9 Å². The largest absolute Gasteiger partial charge is 0.508 e. The van der Waals surface area contributed by atoms with Crippen molar-refractivity contribution in [2.75, 3.05) is 37.7 Å². The molecule has 2 unspecified atom stereocenters.